The lowest BCUT2D eigenvalue weighted by Crippen LogP contribution is -2.44. The molecule has 0 aliphatic rings. The summed E-state index contributed by atoms with van der Waals surface area (Å²) >= 11 is 23.4. The third-order valence-corrected chi connectivity index (χ3v) is 6.09. The molecule has 12 nitrogen and oxygen atoms in total. The van der Waals surface area contributed by atoms with Crippen LogP contribution in [0.5, 0.6) is 0 Å². The van der Waals surface area contributed by atoms with Crippen LogP contribution in [0.15, 0.2) is 86.2 Å². The normalized spacial score (nSPS) is 9.24. The average Bonchev–Trinajstić information content (AvgIpc) is 3.39. The van der Waals surface area contributed by atoms with E-state index in [1.807, 2.05) is 35.8 Å². The molecule has 0 aliphatic heterocycles. The summed E-state index contributed by atoms with van der Waals surface area (Å²) in [5, 5.41) is 14.3. The number of hydrogen-bond acceptors (Lipinski definition) is 7. The predicted octanol–water partition coefficient (Wildman–Crippen LogP) is 4.66. The minimum Gasteiger partial charge on any atom is -0.478 e. The molecule has 0 saturated carbocycles. The van der Waals surface area contributed by atoms with Crippen molar-refractivity contribution in [1.82, 2.24) is 31.5 Å². The van der Waals surface area contributed by atoms with E-state index in [1.165, 1.54) is 0 Å². The second kappa shape index (κ2) is 19.8. The van der Waals surface area contributed by atoms with Crippen LogP contribution in [0.3, 0.4) is 0 Å². The molecule has 0 radical (unpaired) electrons. The fourth-order valence-corrected chi connectivity index (χ4v) is 3.88. The number of nitrogens with zero attached hydrogens (tertiary/aromatic N) is 1. The Morgan fingerprint density at radius 1 is 0.786 bits per heavy atom. The number of amides is 1. The molecule has 42 heavy (non-hydrogen) atoms. The van der Waals surface area contributed by atoms with Gasteiger partial charge in [-0.3, -0.25) is 25.8 Å². The van der Waals surface area contributed by atoms with Gasteiger partial charge in [0, 0.05) is 24.5 Å². The Morgan fingerprint density at radius 2 is 1.29 bits per heavy atom. The lowest BCUT2D eigenvalue weighted by molar-refractivity contribution is 0.0696. The van der Waals surface area contributed by atoms with Gasteiger partial charge < -0.3 is 22.0 Å². The monoisotopic (exact) mass is 819 g/mol. The van der Waals surface area contributed by atoms with E-state index < -0.39 is 5.97 Å². The van der Waals surface area contributed by atoms with E-state index >= 15 is 0 Å². The third-order valence-electron chi connectivity index (χ3n) is 4.20. The number of nitrogens with two attached hydrogens (primary N) is 3. The van der Waals surface area contributed by atoms with Gasteiger partial charge in [-0.2, -0.15) is 4.98 Å². The quantitative estimate of drug-likeness (QED) is 0.0785. The van der Waals surface area contributed by atoms with Gasteiger partial charge in [-0.25, -0.2) is 10.6 Å². The maximum atomic E-state index is 11.4. The van der Waals surface area contributed by atoms with Gasteiger partial charge in [0.2, 0.25) is 4.77 Å². The Balaban J connectivity index is 0.000000295. The summed E-state index contributed by atoms with van der Waals surface area (Å²) in [6, 6.07) is 21.4. The van der Waals surface area contributed by atoms with Crippen LogP contribution >= 0.6 is 84.4 Å². The standard InChI is InChI=1S/C8H8BrN3OS.C8H6BrN3S.C7H5BrO2.CH5N3S/c9-6-3-1-2-5(4-6)7(13)11-12-8(10)14;9-6-3-1-2-5(4-6)7-10-8(13)12-11-7;8-6-3-1-2-5(4-6)7(9)10;2-1(5)4-3/h1-4H,(H,11,13)(H3,10,12,14);1-4H,(H2,10,11,12,13);1-4H,(H,9,10);3H2,(H3,2,4,5). The summed E-state index contributed by atoms with van der Waals surface area (Å²) < 4.78 is 3.11. The molecule has 12 N–H and O–H groups in total. The van der Waals surface area contributed by atoms with Crippen LogP contribution < -0.4 is 33.6 Å². The molecule has 1 heterocycles. The van der Waals surface area contributed by atoms with E-state index in [0.717, 1.165) is 24.8 Å². The number of carboxylic acid groups (broad SMARTS) is 1. The molecule has 0 fully saturated rings. The van der Waals surface area contributed by atoms with Crippen LogP contribution in [0.25, 0.3) is 11.4 Å². The van der Waals surface area contributed by atoms with Crippen LogP contribution in [0, 0.1) is 4.77 Å². The number of H-pyrrole nitrogens is 2. The first kappa shape index (κ1) is 36.8. The van der Waals surface area contributed by atoms with Crippen molar-refractivity contribution >= 4 is 107 Å². The number of carboxylic acids is 1. The van der Waals surface area contributed by atoms with E-state index in [0.29, 0.717) is 15.9 Å². The zero-order valence-corrected chi connectivity index (χ0v) is 28.4. The molecule has 0 aliphatic carbocycles. The first-order valence-corrected chi connectivity index (χ1v) is 14.7. The van der Waals surface area contributed by atoms with Crippen LogP contribution in [0.1, 0.15) is 20.7 Å². The van der Waals surface area contributed by atoms with E-state index in [2.05, 4.69) is 104 Å². The molecular weight excluding hydrogens is 798 g/mol. The molecule has 3 aromatic carbocycles. The Kier molecular flexibility index (Phi) is 17.3. The molecule has 1 amide bonds. The molecular formula is C24H24Br3N9O3S3. The fourth-order valence-electron chi connectivity index (χ4n) is 2.48. The second-order valence-electron chi connectivity index (χ2n) is 7.30. The molecule has 222 valence electrons. The van der Waals surface area contributed by atoms with Crippen molar-refractivity contribution in [2.24, 2.45) is 17.3 Å². The minimum absolute atomic E-state index is 0.0216. The topological polar surface area (TPSA) is 213 Å². The molecule has 0 bridgehead atoms. The number of hydrogen-bond donors (Lipinski definition) is 9. The Morgan fingerprint density at radius 3 is 1.69 bits per heavy atom. The number of carbonyl (C=O) groups excluding carboxylic acids is 1. The van der Waals surface area contributed by atoms with Crippen molar-refractivity contribution in [3.8, 4) is 11.4 Å². The van der Waals surface area contributed by atoms with Crippen molar-refractivity contribution in [3.63, 3.8) is 0 Å². The molecule has 0 saturated heterocycles. The molecule has 4 aromatic rings. The van der Waals surface area contributed by atoms with Crippen LogP contribution in [0.2, 0.25) is 0 Å². The summed E-state index contributed by atoms with van der Waals surface area (Å²) in [6.45, 7) is 0. The SMILES string of the molecule is NC(=S)NNC(=O)c1cccc(Br)c1.NNC(N)=S.O=C(O)c1cccc(Br)c1.S=c1nc(-c2cccc(Br)c2)[nH][nH]1. The summed E-state index contributed by atoms with van der Waals surface area (Å²) in [7, 11) is 0. The van der Waals surface area contributed by atoms with Gasteiger partial charge in [0.05, 0.1) is 5.56 Å². The van der Waals surface area contributed by atoms with Gasteiger partial charge in [0.25, 0.3) is 5.91 Å². The molecule has 4 rings (SSSR count). The number of halogens is 3. The van der Waals surface area contributed by atoms with Crippen LogP contribution in [0.4, 0.5) is 0 Å². The highest BCUT2D eigenvalue weighted by atomic mass is 79.9. The largest absolute Gasteiger partial charge is 0.478 e. The highest BCUT2D eigenvalue weighted by Gasteiger charge is 2.04. The fraction of sp³-hybridized carbons (Fsp3) is 0. The molecule has 18 heteroatoms. The summed E-state index contributed by atoms with van der Waals surface area (Å²) in [4.78, 5) is 25.8. The molecule has 1 aromatic heterocycles. The summed E-state index contributed by atoms with van der Waals surface area (Å²) in [5.74, 6) is 4.22. The Labute approximate surface area is 281 Å². The van der Waals surface area contributed by atoms with E-state index in [-0.39, 0.29) is 16.1 Å². The highest BCUT2D eigenvalue weighted by molar-refractivity contribution is 9.11. The molecule has 0 atom stereocenters. The first-order valence-electron chi connectivity index (χ1n) is 11.1. The number of nitrogens with one attached hydrogen (secondary N) is 5. The third kappa shape index (κ3) is 15.7. The number of benzene rings is 3. The van der Waals surface area contributed by atoms with Crippen molar-refractivity contribution in [2.75, 3.05) is 0 Å². The second-order valence-corrected chi connectivity index (χ2v) is 11.3. The number of thiocarbonyl (C=S) groups is 2. The van der Waals surface area contributed by atoms with Gasteiger partial charge in [-0.1, -0.05) is 72.1 Å². The number of rotatable bonds is 3. The van der Waals surface area contributed by atoms with E-state index in [4.69, 9.17) is 28.8 Å². The number of aromatic amines is 2. The van der Waals surface area contributed by atoms with Crippen molar-refractivity contribution in [2.45, 2.75) is 0 Å². The summed E-state index contributed by atoms with van der Waals surface area (Å²) in [5.41, 5.74) is 18.5. The van der Waals surface area contributed by atoms with E-state index in [9.17, 15) is 9.59 Å². The summed E-state index contributed by atoms with van der Waals surface area (Å²) in [6.07, 6.45) is 0. The molecule has 0 unspecified atom stereocenters. The predicted molar refractivity (Wildman–Crippen MR) is 184 cm³/mol. The Hall–Kier alpha value is -3.26. The zero-order valence-electron chi connectivity index (χ0n) is 21.2. The highest BCUT2D eigenvalue weighted by Crippen LogP contribution is 2.19. The van der Waals surface area contributed by atoms with Gasteiger partial charge in [-0.05, 0) is 85.2 Å². The number of hydrazine groups is 2. The number of aromatic carboxylic acids is 1. The Bertz CT molecular complexity index is 1570. The smallest absolute Gasteiger partial charge is 0.335 e. The van der Waals surface area contributed by atoms with Gasteiger partial charge >= 0.3 is 5.97 Å². The maximum Gasteiger partial charge on any atom is 0.335 e. The lowest BCUT2D eigenvalue weighted by atomic mass is 10.2. The van der Waals surface area contributed by atoms with Crippen molar-refractivity contribution in [3.05, 3.63) is 102 Å². The van der Waals surface area contributed by atoms with E-state index in [1.54, 1.807) is 42.5 Å². The van der Waals surface area contributed by atoms with Crippen LogP contribution in [-0.4, -0.2) is 42.4 Å². The average molecular weight is 822 g/mol. The number of carbonyl (C=O) groups is 2. The van der Waals surface area contributed by atoms with Crippen molar-refractivity contribution < 1.29 is 14.7 Å². The lowest BCUT2D eigenvalue weighted by Gasteiger charge is -2.05. The van der Waals surface area contributed by atoms with Crippen LogP contribution in [-0.2, 0) is 0 Å². The zero-order chi connectivity index (χ0) is 31.7. The van der Waals surface area contributed by atoms with Gasteiger partial charge in [0.15, 0.2) is 16.0 Å². The van der Waals surface area contributed by atoms with Crippen molar-refractivity contribution in [1.29, 1.82) is 0 Å². The van der Waals surface area contributed by atoms with Gasteiger partial charge in [0.1, 0.15) is 0 Å². The first-order chi connectivity index (χ1) is 19.8. The maximum absolute atomic E-state index is 11.4. The van der Waals surface area contributed by atoms with Gasteiger partial charge in [-0.15, -0.1) is 0 Å². The minimum atomic E-state index is -0.902. The molecule has 0 spiro atoms. The number of aromatic nitrogens is 3.